The fourth-order valence-corrected chi connectivity index (χ4v) is 6.31. The number of fused-ring (bicyclic) bond motifs is 5. The molecule has 2 heterocycles. The van der Waals surface area contributed by atoms with Gasteiger partial charge in [-0.2, -0.15) is 5.06 Å². The van der Waals surface area contributed by atoms with E-state index in [1.54, 1.807) is 0 Å². The number of hydroxylamine groups is 2. The highest BCUT2D eigenvalue weighted by atomic mass is 16.5. The van der Waals surface area contributed by atoms with Crippen LogP contribution >= 0.6 is 0 Å². The molecule has 2 N–H and O–H groups in total. The SMILES string of the molecule is O=C(c1ccc(-c2ccccc2)cc1)N1CCN(c2ccc3c(c2)C2CC3CCN2O)CC1.OCc1ccccc1. The first kappa shape index (κ1) is 27.2. The highest BCUT2D eigenvalue weighted by molar-refractivity contribution is 5.95. The quantitative estimate of drug-likeness (QED) is 0.322. The summed E-state index contributed by atoms with van der Waals surface area (Å²) in [7, 11) is 0. The number of rotatable bonds is 4. The molecule has 2 aliphatic heterocycles. The van der Waals surface area contributed by atoms with Crippen LogP contribution in [0.25, 0.3) is 11.1 Å². The van der Waals surface area contributed by atoms with Gasteiger partial charge in [0.1, 0.15) is 0 Å². The zero-order chi connectivity index (χ0) is 28.2. The lowest BCUT2D eigenvalue weighted by atomic mass is 9.96. The van der Waals surface area contributed by atoms with Crippen molar-refractivity contribution < 1.29 is 15.1 Å². The molecule has 6 nitrogen and oxygen atoms in total. The van der Waals surface area contributed by atoms with Gasteiger partial charge in [0.05, 0.1) is 12.6 Å². The second kappa shape index (κ2) is 12.3. The molecule has 0 spiro atoms. The second-order valence-corrected chi connectivity index (χ2v) is 11.1. The van der Waals surface area contributed by atoms with Gasteiger partial charge in [-0.15, -0.1) is 0 Å². The molecule has 3 aliphatic rings. The Balaban J connectivity index is 0.000000328. The van der Waals surface area contributed by atoms with Gasteiger partial charge in [0, 0.05) is 44.0 Å². The van der Waals surface area contributed by atoms with E-state index in [9.17, 15) is 10.0 Å². The number of hydrogen-bond donors (Lipinski definition) is 2. The molecule has 0 radical (unpaired) electrons. The molecule has 210 valence electrons. The highest BCUT2D eigenvalue weighted by Crippen LogP contribution is 2.49. The third-order valence-electron chi connectivity index (χ3n) is 8.64. The Bertz CT molecular complexity index is 1450. The van der Waals surface area contributed by atoms with Crippen LogP contribution < -0.4 is 4.90 Å². The van der Waals surface area contributed by atoms with Crippen LogP contribution in [0.4, 0.5) is 5.69 Å². The van der Waals surface area contributed by atoms with E-state index in [1.165, 1.54) is 21.9 Å². The van der Waals surface area contributed by atoms with Gasteiger partial charge < -0.3 is 20.1 Å². The highest BCUT2D eigenvalue weighted by Gasteiger charge is 2.38. The van der Waals surface area contributed by atoms with Crippen LogP contribution in [-0.2, 0) is 6.61 Å². The van der Waals surface area contributed by atoms with Crippen molar-refractivity contribution in [2.45, 2.75) is 31.4 Å². The molecule has 4 aromatic rings. The number of carbonyl (C=O) groups excluding carboxylic acids is 1. The largest absolute Gasteiger partial charge is 0.392 e. The van der Waals surface area contributed by atoms with E-state index in [0.29, 0.717) is 19.0 Å². The van der Waals surface area contributed by atoms with E-state index < -0.39 is 0 Å². The molecule has 41 heavy (non-hydrogen) atoms. The number of anilines is 1. The zero-order valence-electron chi connectivity index (χ0n) is 23.3. The maximum absolute atomic E-state index is 13.1. The summed E-state index contributed by atoms with van der Waals surface area (Å²) in [5.41, 5.74) is 7.90. The van der Waals surface area contributed by atoms with Crippen LogP contribution in [0.2, 0.25) is 0 Å². The van der Waals surface area contributed by atoms with Gasteiger partial charge in [0.15, 0.2) is 0 Å². The smallest absolute Gasteiger partial charge is 0.253 e. The summed E-state index contributed by atoms with van der Waals surface area (Å²) in [6.45, 7) is 3.98. The third-order valence-corrected chi connectivity index (χ3v) is 8.64. The molecular weight excluding hydrogens is 510 g/mol. The first-order valence-electron chi connectivity index (χ1n) is 14.5. The van der Waals surface area contributed by atoms with Gasteiger partial charge >= 0.3 is 0 Å². The number of carbonyl (C=O) groups is 1. The molecule has 0 saturated carbocycles. The lowest BCUT2D eigenvalue weighted by Crippen LogP contribution is -2.48. The van der Waals surface area contributed by atoms with Crippen molar-refractivity contribution in [3.63, 3.8) is 0 Å². The predicted octanol–water partition coefficient (Wildman–Crippen LogP) is 6.12. The van der Waals surface area contributed by atoms with Crippen molar-refractivity contribution in [2.24, 2.45) is 0 Å². The molecule has 2 bridgehead atoms. The second-order valence-electron chi connectivity index (χ2n) is 11.1. The number of nitrogens with zero attached hydrogens (tertiary/aromatic N) is 3. The molecule has 2 fully saturated rings. The van der Waals surface area contributed by atoms with Crippen LogP contribution in [0.1, 0.15) is 51.8 Å². The van der Waals surface area contributed by atoms with Gasteiger partial charge in [0.2, 0.25) is 0 Å². The van der Waals surface area contributed by atoms with E-state index in [2.05, 4.69) is 35.2 Å². The summed E-state index contributed by atoms with van der Waals surface area (Å²) in [5, 5.41) is 20.4. The average molecular weight is 548 g/mol. The third kappa shape index (κ3) is 5.91. The normalized spacial score (nSPS) is 19.8. The fraction of sp³-hybridized carbons (Fsp3) is 0.286. The van der Waals surface area contributed by atoms with E-state index >= 15 is 0 Å². The van der Waals surface area contributed by atoms with Crippen LogP contribution in [0.3, 0.4) is 0 Å². The minimum absolute atomic E-state index is 0.105. The lowest BCUT2D eigenvalue weighted by Gasteiger charge is -2.36. The molecule has 1 aliphatic carbocycles. The number of aliphatic hydroxyl groups excluding tert-OH is 1. The Morgan fingerprint density at radius 3 is 2.05 bits per heavy atom. The molecule has 4 aromatic carbocycles. The molecule has 6 heteroatoms. The minimum Gasteiger partial charge on any atom is -0.392 e. The first-order valence-corrected chi connectivity index (χ1v) is 14.5. The van der Waals surface area contributed by atoms with Crippen LogP contribution in [-0.4, -0.2) is 58.9 Å². The number of hydrogen-bond acceptors (Lipinski definition) is 5. The van der Waals surface area contributed by atoms with Crippen molar-refractivity contribution in [2.75, 3.05) is 37.6 Å². The van der Waals surface area contributed by atoms with Crippen LogP contribution in [0.15, 0.2) is 103 Å². The van der Waals surface area contributed by atoms with Crippen LogP contribution in [0.5, 0.6) is 0 Å². The molecule has 2 atom stereocenters. The van der Waals surface area contributed by atoms with Gasteiger partial charge in [-0.25, -0.2) is 0 Å². The zero-order valence-corrected chi connectivity index (χ0v) is 23.3. The summed E-state index contributed by atoms with van der Waals surface area (Å²) in [4.78, 5) is 17.4. The van der Waals surface area contributed by atoms with Gasteiger partial charge in [-0.3, -0.25) is 4.79 Å². The number of piperazine rings is 1. The standard InChI is InChI=1S/C28H29N3O2.C7H8O/c32-28(22-8-6-21(7-9-22)20-4-2-1-3-5-20)30-16-14-29(15-17-30)24-10-11-25-23-12-13-31(33)27(18-23)26(25)19-24;8-6-7-4-2-1-3-5-7/h1-11,19,23,27,33H,12-18H2;1-5,8H,6H2. The van der Waals surface area contributed by atoms with E-state index in [-0.39, 0.29) is 18.6 Å². The topological polar surface area (TPSA) is 67.3 Å². The van der Waals surface area contributed by atoms with Gasteiger partial charge in [-0.1, -0.05) is 78.9 Å². The Morgan fingerprint density at radius 2 is 1.39 bits per heavy atom. The summed E-state index contributed by atoms with van der Waals surface area (Å²) in [6.07, 6.45) is 2.06. The molecule has 2 saturated heterocycles. The van der Waals surface area contributed by atoms with Gasteiger partial charge in [-0.05, 0) is 70.8 Å². The molecule has 1 amide bonds. The Labute approximate surface area is 242 Å². The Hall–Kier alpha value is -3.97. The average Bonchev–Trinajstić information content (AvgIpc) is 3.36. The van der Waals surface area contributed by atoms with Crippen molar-refractivity contribution in [1.82, 2.24) is 9.96 Å². The summed E-state index contributed by atoms with van der Waals surface area (Å²) >= 11 is 0. The number of benzene rings is 4. The van der Waals surface area contributed by atoms with E-state index in [1.807, 2.05) is 77.7 Å². The summed E-state index contributed by atoms with van der Waals surface area (Å²) in [6, 6.07) is 34.6. The number of piperidine rings is 1. The van der Waals surface area contributed by atoms with E-state index in [4.69, 9.17) is 5.11 Å². The van der Waals surface area contributed by atoms with Crippen molar-refractivity contribution in [1.29, 1.82) is 0 Å². The van der Waals surface area contributed by atoms with Crippen molar-refractivity contribution >= 4 is 11.6 Å². The van der Waals surface area contributed by atoms with Crippen LogP contribution in [0, 0.1) is 0 Å². The number of amides is 1. The molecule has 2 unspecified atom stereocenters. The predicted molar refractivity (Wildman–Crippen MR) is 162 cm³/mol. The maximum Gasteiger partial charge on any atom is 0.253 e. The molecule has 7 rings (SSSR count). The molecule has 0 aromatic heterocycles. The minimum atomic E-state index is 0.105. The van der Waals surface area contributed by atoms with E-state index in [0.717, 1.165) is 54.7 Å². The Kier molecular flexibility index (Phi) is 8.14. The number of aliphatic hydroxyl groups is 1. The summed E-state index contributed by atoms with van der Waals surface area (Å²) in [5.74, 6) is 0.693. The van der Waals surface area contributed by atoms with Crippen molar-refractivity contribution in [3.05, 3.63) is 125 Å². The molecular formula is C35H37N3O3. The first-order chi connectivity index (χ1) is 20.1. The van der Waals surface area contributed by atoms with Gasteiger partial charge in [0.25, 0.3) is 5.91 Å². The fourth-order valence-electron chi connectivity index (χ4n) is 6.31. The summed E-state index contributed by atoms with van der Waals surface area (Å²) < 4.78 is 0. The maximum atomic E-state index is 13.1. The van der Waals surface area contributed by atoms with Crippen molar-refractivity contribution in [3.8, 4) is 11.1 Å². The lowest BCUT2D eigenvalue weighted by molar-refractivity contribution is -0.141. The monoisotopic (exact) mass is 547 g/mol. The Morgan fingerprint density at radius 1 is 0.732 bits per heavy atom.